The van der Waals surface area contributed by atoms with Gasteiger partial charge in [0.25, 0.3) is 0 Å². The van der Waals surface area contributed by atoms with Gasteiger partial charge in [-0.3, -0.25) is 0 Å². The number of aromatic nitrogens is 4. The van der Waals surface area contributed by atoms with E-state index in [0.717, 1.165) is 65.9 Å². The first-order valence-corrected chi connectivity index (χ1v) is 14.2. The van der Waals surface area contributed by atoms with E-state index >= 15 is 0 Å². The van der Waals surface area contributed by atoms with Crippen molar-refractivity contribution in [2.45, 2.75) is 13.8 Å². The second-order valence-corrected chi connectivity index (χ2v) is 10.9. The molecule has 3 heterocycles. The molecule has 0 aliphatic rings. The number of nitrogens with zero attached hydrogens (tertiary/aromatic N) is 4. The van der Waals surface area contributed by atoms with Crippen molar-refractivity contribution in [2.24, 2.45) is 0 Å². The molecule has 0 radical (unpaired) electrons. The Morgan fingerprint density at radius 1 is 0.725 bits per heavy atom. The second-order valence-electron chi connectivity index (χ2n) is 9.80. The van der Waals surface area contributed by atoms with E-state index in [1.807, 2.05) is 48.1 Å². The number of aryl methyl sites for hydroxylation is 2. The van der Waals surface area contributed by atoms with Crippen molar-refractivity contribution >= 4 is 25.8 Å². The molecule has 0 fully saturated rings. The maximum absolute atomic E-state index is 6.52. The van der Waals surface area contributed by atoms with Crippen molar-refractivity contribution < 1.29 is 24.6 Å². The molecule has 0 saturated heterocycles. The van der Waals surface area contributed by atoms with Gasteiger partial charge in [0.15, 0.2) is 0 Å². The molecule has 0 aliphatic carbocycles. The van der Waals surface area contributed by atoms with E-state index in [1.54, 1.807) is 0 Å². The SMILES string of the molecule is Cc1cc(C)n(-c2cccc(Oc3ccc4c5ccccc5n(-c5cc(-c6ccccc6)ccn5)c4[c]3[Pt])c2)n1. The summed E-state index contributed by atoms with van der Waals surface area (Å²) in [5.74, 6) is 2.42. The first kappa shape index (κ1) is 24.6. The van der Waals surface area contributed by atoms with Gasteiger partial charge < -0.3 is 0 Å². The Balaban J connectivity index is 1.37. The van der Waals surface area contributed by atoms with Gasteiger partial charge in [-0.2, -0.15) is 0 Å². The van der Waals surface area contributed by atoms with Crippen molar-refractivity contribution in [2.75, 3.05) is 0 Å². The fourth-order valence-corrected chi connectivity index (χ4v) is 6.20. The van der Waals surface area contributed by atoms with Crippen LogP contribution in [-0.2, 0) is 19.8 Å². The molecule has 4 aromatic carbocycles. The molecule has 197 valence electrons. The summed E-state index contributed by atoms with van der Waals surface area (Å²) in [6, 6.07) is 37.5. The number of ether oxygens (including phenoxy) is 1. The van der Waals surface area contributed by atoms with Crippen LogP contribution in [0.1, 0.15) is 11.4 Å². The zero-order valence-electron chi connectivity index (χ0n) is 22.0. The molecule has 3 aromatic heterocycles. The van der Waals surface area contributed by atoms with E-state index < -0.39 is 0 Å². The summed E-state index contributed by atoms with van der Waals surface area (Å²) in [7, 11) is 0. The molecule has 0 spiro atoms. The molecule has 7 aromatic rings. The van der Waals surface area contributed by atoms with Crippen LogP contribution < -0.4 is 8.69 Å². The molecular formula is C34H25N4OPt. The normalized spacial score (nSPS) is 11.4. The van der Waals surface area contributed by atoms with Crippen molar-refractivity contribution in [3.8, 4) is 34.1 Å². The van der Waals surface area contributed by atoms with Gasteiger partial charge in [-0.25, -0.2) is 0 Å². The first-order valence-electron chi connectivity index (χ1n) is 13.1. The van der Waals surface area contributed by atoms with Crippen molar-refractivity contribution in [3.05, 3.63) is 127 Å². The van der Waals surface area contributed by atoms with Gasteiger partial charge in [-0.15, -0.1) is 0 Å². The fraction of sp³-hybridized carbons (Fsp3) is 0.0588. The number of pyridine rings is 1. The Hall–Kier alpha value is -4.47. The quantitative estimate of drug-likeness (QED) is 0.186. The Bertz CT molecular complexity index is 2020. The van der Waals surface area contributed by atoms with Crippen molar-refractivity contribution in [1.82, 2.24) is 19.3 Å². The van der Waals surface area contributed by atoms with E-state index in [1.165, 1.54) is 5.39 Å². The first-order chi connectivity index (χ1) is 19.6. The van der Waals surface area contributed by atoms with Crippen LogP contribution in [0.5, 0.6) is 11.5 Å². The summed E-state index contributed by atoms with van der Waals surface area (Å²) in [5, 5.41) is 6.98. The summed E-state index contributed by atoms with van der Waals surface area (Å²) in [5.41, 5.74) is 7.51. The summed E-state index contributed by atoms with van der Waals surface area (Å²) in [6.07, 6.45) is 1.89. The molecule has 0 atom stereocenters. The standard InChI is InChI=1S/C34H25N4O.Pt/c1-23-19-24(2)38(36-23)27-11-8-12-28(21-27)39-29-15-16-31-30-13-6-7-14-32(30)37(33(31)22-29)34-20-26(17-18-35-34)25-9-4-3-5-10-25;/h3-21H,1-2H3;. The topological polar surface area (TPSA) is 44.9 Å². The molecule has 7 rings (SSSR count). The van der Waals surface area contributed by atoms with Crippen LogP contribution in [0.3, 0.4) is 0 Å². The number of benzene rings is 4. The third kappa shape index (κ3) is 4.23. The number of hydrogen-bond acceptors (Lipinski definition) is 3. The molecule has 40 heavy (non-hydrogen) atoms. The summed E-state index contributed by atoms with van der Waals surface area (Å²) in [4.78, 5) is 4.83. The summed E-state index contributed by atoms with van der Waals surface area (Å²) >= 11 is 2.39. The predicted molar refractivity (Wildman–Crippen MR) is 157 cm³/mol. The van der Waals surface area contributed by atoms with Gasteiger partial charge in [0.2, 0.25) is 0 Å². The zero-order chi connectivity index (χ0) is 27.2. The molecule has 5 nitrogen and oxygen atoms in total. The van der Waals surface area contributed by atoms with Crippen molar-refractivity contribution in [1.29, 1.82) is 0 Å². The van der Waals surface area contributed by atoms with Crippen LogP contribution in [0.15, 0.2) is 115 Å². The van der Waals surface area contributed by atoms with Crippen LogP contribution in [0.2, 0.25) is 0 Å². The Morgan fingerprint density at radius 3 is 2.38 bits per heavy atom. The third-order valence-electron chi connectivity index (χ3n) is 7.09. The summed E-state index contributed by atoms with van der Waals surface area (Å²) < 4.78 is 11.7. The summed E-state index contributed by atoms with van der Waals surface area (Å²) in [6.45, 7) is 4.06. The van der Waals surface area contributed by atoms with Gasteiger partial charge in [0, 0.05) is 0 Å². The van der Waals surface area contributed by atoms with Crippen LogP contribution in [0, 0.1) is 13.8 Å². The molecule has 0 aliphatic heterocycles. The fourth-order valence-electron chi connectivity index (χ4n) is 5.34. The number of hydrogen-bond donors (Lipinski definition) is 0. The van der Waals surface area contributed by atoms with E-state index in [-0.39, 0.29) is 0 Å². The number of para-hydroxylation sites is 1. The molecule has 0 amide bonds. The minimum atomic E-state index is 0.759. The van der Waals surface area contributed by atoms with Gasteiger partial charge in [-0.05, 0) is 0 Å². The van der Waals surface area contributed by atoms with Crippen molar-refractivity contribution in [3.63, 3.8) is 0 Å². The van der Waals surface area contributed by atoms with Gasteiger partial charge >= 0.3 is 244 Å². The van der Waals surface area contributed by atoms with E-state index in [4.69, 9.17) is 9.72 Å². The molecule has 0 bridgehead atoms. The molecular weight excluding hydrogens is 675 g/mol. The Kier molecular flexibility index (Phi) is 6.10. The Labute approximate surface area is 243 Å². The van der Waals surface area contributed by atoms with Crippen LogP contribution >= 0.6 is 0 Å². The molecule has 0 N–H and O–H groups in total. The van der Waals surface area contributed by atoms with Crippen LogP contribution in [-0.4, -0.2) is 19.3 Å². The number of rotatable bonds is 5. The molecule has 0 unspecified atom stereocenters. The van der Waals surface area contributed by atoms with Crippen LogP contribution in [0.25, 0.3) is 44.4 Å². The zero-order valence-corrected chi connectivity index (χ0v) is 24.3. The van der Waals surface area contributed by atoms with Crippen LogP contribution in [0.4, 0.5) is 0 Å². The monoisotopic (exact) mass is 700 g/mol. The second kappa shape index (κ2) is 9.93. The Morgan fingerprint density at radius 2 is 1.55 bits per heavy atom. The van der Waals surface area contributed by atoms with E-state index in [9.17, 15) is 0 Å². The molecule has 6 heteroatoms. The average molecular weight is 701 g/mol. The van der Waals surface area contributed by atoms with Gasteiger partial charge in [0.1, 0.15) is 0 Å². The minimum absolute atomic E-state index is 0.759. The third-order valence-corrected chi connectivity index (χ3v) is 8.19. The average Bonchev–Trinajstić information content (AvgIpc) is 3.51. The van der Waals surface area contributed by atoms with Gasteiger partial charge in [0.05, 0.1) is 0 Å². The number of fused-ring (bicyclic) bond motifs is 3. The van der Waals surface area contributed by atoms with E-state index in [0.29, 0.717) is 0 Å². The maximum atomic E-state index is 6.52. The molecule has 0 saturated carbocycles. The van der Waals surface area contributed by atoms with E-state index in [2.05, 4.69) is 115 Å². The predicted octanol–water partition coefficient (Wildman–Crippen LogP) is 7.61. The van der Waals surface area contributed by atoms with Gasteiger partial charge in [-0.1, -0.05) is 0 Å².